The zero-order valence-electron chi connectivity index (χ0n) is 17.5. The molecule has 1 aromatic carbocycles. The predicted octanol–water partition coefficient (Wildman–Crippen LogP) is 3.16. The number of esters is 1. The van der Waals surface area contributed by atoms with Crippen molar-refractivity contribution in [2.75, 3.05) is 0 Å². The molecule has 1 atom stereocenters. The van der Waals surface area contributed by atoms with Gasteiger partial charge in [-0.25, -0.2) is 9.79 Å². The Morgan fingerprint density at radius 1 is 1.28 bits per heavy atom. The maximum atomic E-state index is 13.4. The van der Waals surface area contributed by atoms with Gasteiger partial charge in [-0.3, -0.25) is 19.5 Å². The van der Waals surface area contributed by atoms with Crippen LogP contribution in [0, 0.1) is 10.1 Å². The van der Waals surface area contributed by atoms with Crippen molar-refractivity contribution in [1.29, 1.82) is 0 Å². The van der Waals surface area contributed by atoms with E-state index in [2.05, 4.69) is 4.99 Å². The molecule has 0 radical (unpaired) electrons. The van der Waals surface area contributed by atoms with Crippen molar-refractivity contribution in [2.45, 2.75) is 32.9 Å². The van der Waals surface area contributed by atoms with Crippen LogP contribution in [0.3, 0.4) is 0 Å². The third-order valence-electron chi connectivity index (χ3n) is 4.82. The van der Waals surface area contributed by atoms with Gasteiger partial charge in [-0.2, -0.15) is 0 Å². The number of fused-ring (bicyclic) bond motifs is 1. The predicted molar refractivity (Wildman–Crippen MR) is 122 cm³/mol. The SMILES string of the molecule is CC1=C(C(=O)OC(C)C)[C@@H](c2cccs2)n2c(s/c(=C/c3ccccc3[N+](=O)[O-])c2=O)=N1. The van der Waals surface area contributed by atoms with Crippen molar-refractivity contribution in [3.8, 4) is 0 Å². The third kappa shape index (κ3) is 3.94. The number of thiazole rings is 1. The summed E-state index contributed by atoms with van der Waals surface area (Å²) in [6.07, 6.45) is 1.17. The molecule has 164 valence electrons. The summed E-state index contributed by atoms with van der Waals surface area (Å²) in [6, 6.07) is 9.26. The zero-order chi connectivity index (χ0) is 23.0. The Balaban J connectivity index is 1.94. The Labute approximate surface area is 190 Å². The molecule has 0 fully saturated rings. The van der Waals surface area contributed by atoms with Crippen molar-refractivity contribution < 1.29 is 14.5 Å². The molecule has 8 nitrogen and oxygen atoms in total. The highest BCUT2D eigenvalue weighted by Gasteiger charge is 2.34. The quantitative estimate of drug-likeness (QED) is 0.324. The molecule has 1 aliphatic heterocycles. The summed E-state index contributed by atoms with van der Waals surface area (Å²) in [4.78, 5) is 43.0. The Bertz CT molecular complexity index is 1410. The van der Waals surface area contributed by atoms with Gasteiger partial charge in [0.15, 0.2) is 4.80 Å². The van der Waals surface area contributed by atoms with E-state index in [9.17, 15) is 19.7 Å². The van der Waals surface area contributed by atoms with Gasteiger partial charge in [0.05, 0.1) is 32.4 Å². The van der Waals surface area contributed by atoms with Gasteiger partial charge in [-0.1, -0.05) is 29.5 Å². The molecule has 2 aromatic heterocycles. The lowest BCUT2D eigenvalue weighted by Gasteiger charge is -2.24. The number of hydrogen-bond acceptors (Lipinski definition) is 8. The monoisotopic (exact) mass is 469 g/mol. The number of carbonyl (C=O) groups excluding carboxylic acids is 1. The van der Waals surface area contributed by atoms with Crippen LogP contribution in [-0.2, 0) is 9.53 Å². The number of ether oxygens (including phenoxy) is 1. The van der Waals surface area contributed by atoms with Crippen LogP contribution in [0.2, 0.25) is 0 Å². The van der Waals surface area contributed by atoms with E-state index in [-0.39, 0.29) is 17.4 Å². The van der Waals surface area contributed by atoms with Crippen molar-refractivity contribution >= 4 is 40.4 Å². The highest BCUT2D eigenvalue weighted by Crippen LogP contribution is 2.33. The molecule has 1 aliphatic rings. The highest BCUT2D eigenvalue weighted by molar-refractivity contribution is 7.10. The second kappa shape index (κ2) is 8.64. The summed E-state index contributed by atoms with van der Waals surface area (Å²) >= 11 is 2.56. The highest BCUT2D eigenvalue weighted by atomic mass is 32.1. The van der Waals surface area contributed by atoms with E-state index < -0.39 is 16.9 Å². The Hall–Kier alpha value is -3.37. The third-order valence-corrected chi connectivity index (χ3v) is 6.72. The molecular formula is C22H19N3O5S2. The first-order valence-electron chi connectivity index (χ1n) is 9.78. The number of carbonyl (C=O) groups is 1. The number of nitro benzene ring substituents is 1. The number of para-hydroxylation sites is 1. The molecule has 4 rings (SSSR count). The van der Waals surface area contributed by atoms with E-state index in [1.807, 2.05) is 17.5 Å². The number of thiophene rings is 1. The fraction of sp³-hybridized carbons (Fsp3) is 0.227. The lowest BCUT2D eigenvalue weighted by Crippen LogP contribution is -2.39. The van der Waals surface area contributed by atoms with Crippen molar-refractivity contribution in [2.24, 2.45) is 4.99 Å². The first-order chi connectivity index (χ1) is 15.3. The van der Waals surface area contributed by atoms with Gasteiger partial charge in [0.25, 0.3) is 11.2 Å². The van der Waals surface area contributed by atoms with Crippen LogP contribution in [0.4, 0.5) is 5.69 Å². The van der Waals surface area contributed by atoms with Gasteiger partial charge >= 0.3 is 5.97 Å². The molecule has 0 spiro atoms. The maximum absolute atomic E-state index is 13.4. The Morgan fingerprint density at radius 3 is 2.69 bits per heavy atom. The molecule has 3 heterocycles. The average molecular weight is 470 g/mol. The first kappa shape index (κ1) is 21.8. The lowest BCUT2D eigenvalue weighted by molar-refractivity contribution is -0.385. The van der Waals surface area contributed by atoms with Gasteiger partial charge in [-0.15, -0.1) is 11.3 Å². The number of benzene rings is 1. The fourth-order valence-corrected chi connectivity index (χ4v) is 5.35. The van der Waals surface area contributed by atoms with Crippen LogP contribution in [0.1, 0.15) is 37.3 Å². The molecule has 0 aliphatic carbocycles. The van der Waals surface area contributed by atoms with E-state index >= 15 is 0 Å². The molecule has 0 saturated carbocycles. The second-order valence-electron chi connectivity index (χ2n) is 7.37. The van der Waals surface area contributed by atoms with Crippen LogP contribution in [0.25, 0.3) is 6.08 Å². The molecule has 10 heteroatoms. The van der Waals surface area contributed by atoms with Gasteiger partial charge in [0.2, 0.25) is 0 Å². The average Bonchev–Trinajstić information content (AvgIpc) is 3.35. The van der Waals surface area contributed by atoms with Crippen LogP contribution in [0.5, 0.6) is 0 Å². The number of rotatable bonds is 5. The number of nitro groups is 1. The lowest BCUT2D eigenvalue weighted by atomic mass is 10.0. The molecule has 0 saturated heterocycles. The van der Waals surface area contributed by atoms with Crippen LogP contribution in [0.15, 0.2) is 62.8 Å². The summed E-state index contributed by atoms with van der Waals surface area (Å²) in [5.74, 6) is -0.521. The van der Waals surface area contributed by atoms with Crippen LogP contribution < -0.4 is 14.9 Å². The molecule has 0 N–H and O–H groups in total. The summed E-state index contributed by atoms with van der Waals surface area (Å²) in [6.45, 7) is 5.24. The van der Waals surface area contributed by atoms with Gasteiger partial charge < -0.3 is 4.74 Å². The van der Waals surface area contributed by atoms with Gasteiger partial charge in [0.1, 0.15) is 6.04 Å². The minimum Gasteiger partial charge on any atom is -0.459 e. The summed E-state index contributed by atoms with van der Waals surface area (Å²) in [5, 5.41) is 13.3. The Kier molecular flexibility index (Phi) is 5.90. The van der Waals surface area contributed by atoms with E-state index in [1.54, 1.807) is 39.0 Å². The maximum Gasteiger partial charge on any atom is 0.338 e. The minimum atomic E-state index is -0.676. The van der Waals surface area contributed by atoms with E-state index in [0.29, 0.717) is 26.2 Å². The molecule has 0 bridgehead atoms. The first-order valence-corrected chi connectivity index (χ1v) is 11.5. The van der Waals surface area contributed by atoms with Crippen molar-refractivity contribution in [3.63, 3.8) is 0 Å². The standard InChI is InChI=1S/C22H19N3O5S2/c1-12(2)30-21(27)18-13(3)23-22-24(19(18)16-9-6-10-31-16)20(26)17(32-22)11-14-7-4-5-8-15(14)25(28)29/h4-12,19H,1-3H3/b17-11+/t19-/m1/s1. The van der Waals surface area contributed by atoms with Gasteiger partial charge in [0, 0.05) is 10.9 Å². The van der Waals surface area contributed by atoms with Crippen LogP contribution in [-0.4, -0.2) is 21.6 Å². The summed E-state index contributed by atoms with van der Waals surface area (Å²) in [5.41, 5.74) is 0.655. The van der Waals surface area contributed by atoms with Crippen molar-refractivity contribution in [3.05, 3.63) is 93.3 Å². The smallest absolute Gasteiger partial charge is 0.338 e. The fourth-order valence-electron chi connectivity index (χ4n) is 3.49. The topological polar surface area (TPSA) is 104 Å². The number of nitrogens with zero attached hydrogens (tertiary/aromatic N) is 3. The van der Waals surface area contributed by atoms with Gasteiger partial charge in [-0.05, 0) is 44.4 Å². The zero-order valence-corrected chi connectivity index (χ0v) is 19.1. The minimum absolute atomic E-state index is 0.0921. The van der Waals surface area contributed by atoms with E-state index in [4.69, 9.17) is 4.74 Å². The molecule has 3 aromatic rings. The molecule has 0 amide bonds. The largest absolute Gasteiger partial charge is 0.459 e. The molecular weight excluding hydrogens is 450 g/mol. The number of hydrogen-bond donors (Lipinski definition) is 0. The van der Waals surface area contributed by atoms with Crippen LogP contribution >= 0.6 is 22.7 Å². The number of allylic oxidation sites excluding steroid dienone is 1. The Morgan fingerprint density at radius 2 is 2.03 bits per heavy atom. The normalized spacial score (nSPS) is 16.1. The molecule has 32 heavy (non-hydrogen) atoms. The second-order valence-corrected chi connectivity index (χ2v) is 9.36. The van der Waals surface area contributed by atoms with E-state index in [0.717, 1.165) is 16.2 Å². The summed E-state index contributed by atoms with van der Waals surface area (Å²) in [7, 11) is 0. The summed E-state index contributed by atoms with van der Waals surface area (Å²) < 4.78 is 7.21. The van der Waals surface area contributed by atoms with E-state index in [1.165, 1.54) is 28.0 Å². The van der Waals surface area contributed by atoms with Crippen molar-refractivity contribution in [1.82, 2.24) is 4.57 Å². The number of aromatic nitrogens is 1. The molecule has 0 unspecified atom stereocenters.